The van der Waals surface area contributed by atoms with Crippen molar-refractivity contribution in [1.29, 1.82) is 0 Å². The first-order chi connectivity index (χ1) is 10.1. The molecule has 116 valence electrons. The Hall–Kier alpha value is -1.52. The van der Waals surface area contributed by atoms with E-state index in [9.17, 15) is 4.79 Å². The second-order valence-corrected chi connectivity index (χ2v) is 6.71. The van der Waals surface area contributed by atoms with E-state index in [4.69, 9.17) is 0 Å². The number of aromatic nitrogens is 2. The van der Waals surface area contributed by atoms with E-state index >= 15 is 0 Å². The van der Waals surface area contributed by atoms with Gasteiger partial charge in [0.2, 0.25) is 5.95 Å². The van der Waals surface area contributed by atoms with Crippen molar-refractivity contribution in [2.45, 2.75) is 58.5 Å². The van der Waals surface area contributed by atoms with E-state index in [1.165, 1.54) is 12.8 Å². The highest BCUT2D eigenvalue weighted by Crippen LogP contribution is 2.26. The van der Waals surface area contributed by atoms with Gasteiger partial charge in [-0.05, 0) is 25.2 Å². The van der Waals surface area contributed by atoms with Crippen molar-refractivity contribution in [3.8, 4) is 0 Å². The number of hydrogen-bond donors (Lipinski definition) is 1. The molecular formula is C16H26N4O. The first kappa shape index (κ1) is 14.4. The molecule has 1 aromatic heterocycles. The van der Waals surface area contributed by atoms with Crippen LogP contribution in [0.1, 0.15) is 56.4 Å². The summed E-state index contributed by atoms with van der Waals surface area (Å²) in [6, 6.07) is 0.409. The lowest BCUT2D eigenvalue weighted by Crippen LogP contribution is -2.41. The molecule has 1 amide bonds. The number of hydrogen-bond acceptors (Lipinski definition) is 3. The lowest BCUT2D eigenvalue weighted by molar-refractivity contribution is 0.0650. The third kappa shape index (κ3) is 3.06. The van der Waals surface area contributed by atoms with Crippen molar-refractivity contribution in [2.24, 2.45) is 5.92 Å². The maximum Gasteiger partial charge on any atom is 0.274 e. The Morgan fingerprint density at radius 2 is 2.19 bits per heavy atom. The van der Waals surface area contributed by atoms with Gasteiger partial charge in [0.05, 0.1) is 0 Å². The largest absolute Gasteiger partial charge is 0.356 e. The van der Waals surface area contributed by atoms with Crippen LogP contribution >= 0.6 is 0 Å². The van der Waals surface area contributed by atoms with Crippen molar-refractivity contribution >= 4 is 11.9 Å². The summed E-state index contributed by atoms with van der Waals surface area (Å²) in [4.78, 5) is 19.5. The van der Waals surface area contributed by atoms with E-state index in [0.29, 0.717) is 17.7 Å². The maximum absolute atomic E-state index is 12.9. The minimum atomic E-state index is 0.110. The highest BCUT2D eigenvalue weighted by atomic mass is 16.2. The first-order valence-corrected chi connectivity index (χ1v) is 8.27. The zero-order valence-electron chi connectivity index (χ0n) is 13.1. The predicted molar refractivity (Wildman–Crippen MR) is 83.5 cm³/mol. The van der Waals surface area contributed by atoms with Crippen LogP contribution in [0.25, 0.3) is 0 Å². The van der Waals surface area contributed by atoms with E-state index in [2.05, 4.69) is 33.6 Å². The third-order valence-electron chi connectivity index (χ3n) is 4.44. The number of aryl methyl sites for hydroxylation is 1. The van der Waals surface area contributed by atoms with Gasteiger partial charge in [0, 0.05) is 31.9 Å². The number of imidazole rings is 1. The summed E-state index contributed by atoms with van der Waals surface area (Å²) in [7, 11) is 0. The molecule has 5 heteroatoms. The van der Waals surface area contributed by atoms with Gasteiger partial charge in [-0.25, -0.2) is 4.98 Å². The normalized spacial score (nSPS) is 18.6. The van der Waals surface area contributed by atoms with Gasteiger partial charge in [-0.1, -0.05) is 26.7 Å². The van der Waals surface area contributed by atoms with Crippen molar-refractivity contribution < 1.29 is 4.79 Å². The molecule has 0 spiro atoms. The summed E-state index contributed by atoms with van der Waals surface area (Å²) in [6.07, 6.45) is 7.79. The van der Waals surface area contributed by atoms with Gasteiger partial charge in [-0.3, -0.25) is 4.79 Å². The molecule has 0 aromatic carbocycles. The molecule has 0 unspecified atom stereocenters. The number of carbonyl (C=O) groups excluding carboxylic acids is 1. The fourth-order valence-electron chi connectivity index (χ4n) is 3.43. The number of carbonyl (C=O) groups is 1. The van der Waals surface area contributed by atoms with Crippen molar-refractivity contribution in [3.05, 3.63) is 11.9 Å². The summed E-state index contributed by atoms with van der Waals surface area (Å²) >= 11 is 0. The van der Waals surface area contributed by atoms with Crippen molar-refractivity contribution in [2.75, 3.05) is 18.4 Å². The van der Waals surface area contributed by atoms with Gasteiger partial charge in [0.25, 0.3) is 5.91 Å². The monoisotopic (exact) mass is 290 g/mol. The molecule has 0 saturated heterocycles. The van der Waals surface area contributed by atoms with E-state index < -0.39 is 0 Å². The molecule has 1 aliphatic heterocycles. The van der Waals surface area contributed by atoms with Gasteiger partial charge in [-0.2, -0.15) is 0 Å². The molecule has 21 heavy (non-hydrogen) atoms. The Labute approximate surface area is 126 Å². The Balaban J connectivity index is 1.80. The van der Waals surface area contributed by atoms with Crippen LogP contribution in [0.2, 0.25) is 0 Å². The fourth-order valence-corrected chi connectivity index (χ4v) is 3.43. The molecule has 1 aliphatic carbocycles. The molecule has 1 aromatic rings. The van der Waals surface area contributed by atoms with Gasteiger partial charge < -0.3 is 14.8 Å². The Morgan fingerprint density at radius 3 is 2.86 bits per heavy atom. The van der Waals surface area contributed by atoms with Crippen LogP contribution in [0.3, 0.4) is 0 Å². The molecule has 5 nitrogen and oxygen atoms in total. The number of amides is 1. The Morgan fingerprint density at radius 1 is 1.43 bits per heavy atom. The second kappa shape index (κ2) is 6.08. The van der Waals surface area contributed by atoms with Crippen LogP contribution in [-0.4, -0.2) is 39.5 Å². The molecule has 0 bridgehead atoms. The highest BCUT2D eigenvalue weighted by Gasteiger charge is 2.29. The highest BCUT2D eigenvalue weighted by molar-refractivity contribution is 5.93. The van der Waals surface area contributed by atoms with Crippen LogP contribution in [0.4, 0.5) is 5.95 Å². The number of nitrogens with one attached hydrogen (secondary N) is 1. The van der Waals surface area contributed by atoms with Crippen LogP contribution in [0.15, 0.2) is 6.20 Å². The Bertz CT molecular complexity index is 479. The lowest BCUT2D eigenvalue weighted by Gasteiger charge is -2.30. The molecule has 1 N–H and O–H groups in total. The number of nitrogens with zero attached hydrogens (tertiary/aromatic N) is 3. The average molecular weight is 290 g/mol. The van der Waals surface area contributed by atoms with E-state index in [1.54, 1.807) is 0 Å². The second-order valence-electron chi connectivity index (χ2n) is 6.71. The summed E-state index contributed by atoms with van der Waals surface area (Å²) < 4.78 is 2.07. The molecule has 1 fully saturated rings. The standard InChI is InChI=1S/C16H26N4O/c1-12(2)10-20(13-6-3-4-7-13)15(21)14-11-19-9-5-8-17-16(19)18-14/h11-13H,3-10H2,1-2H3,(H,17,18). The Kier molecular flexibility index (Phi) is 4.17. The topological polar surface area (TPSA) is 50.2 Å². The predicted octanol–water partition coefficient (Wildman–Crippen LogP) is 2.74. The van der Waals surface area contributed by atoms with Crippen LogP contribution in [0, 0.1) is 5.92 Å². The summed E-state index contributed by atoms with van der Waals surface area (Å²) in [5.41, 5.74) is 0.604. The molecule has 3 rings (SSSR count). The van der Waals surface area contributed by atoms with E-state index in [-0.39, 0.29) is 5.91 Å². The summed E-state index contributed by atoms with van der Waals surface area (Å²) in [5.74, 6) is 1.45. The van der Waals surface area contributed by atoms with Crippen LogP contribution in [0.5, 0.6) is 0 Å². The zero-order valence-corrected chi connectivity index (χ0v) is 13.1. The summed E-state index contributed by atoms with van der Waals surface area (Å²) in [6.45, 7) is 7.09. The molecule has 0 radical (unpaired) electrons. The third-order valence-corrected chi connectivity index (χ3v) is 4.44. The molecule has 0 atom stereocenters. The van der Waals surface area contributed by atoms with Gasteiger partial charge in [0.15, 0.2) is 0 Å². The quantitative estimate of drug-likeness (QED) is 0.927. The molecule has 2 heterocycles. The lowest BCUT2D eigenvalue weighted by atomic mass is 10.1. The molecule has 1 saturated carbocycles. The SMILES string of the molecule is CC(C)CN(C(=O)c1cn2c(n1)NCCC2)C1CCCC1. The minimum absolute atomic E-state index is 0.110. The number of anilines is 1. The van der Waals surface area contributed by atoms with Gasteiger partial charge in [-0.15, -0.1) is 0 Å². The first-order valence-electron chi connectivity index (χ1n) is 8.27. The number of rotatable bonds is 4. The molecule has 2 aliphatic rings. The van der Waals surface area contributed by atoms with Gasteiger partial charge in [0.1, 0.15) is 5.69 Å². The minimum Gasteiger partial charge on any atom is -0.356 e. The zero-order chi connectivity index (χ0) is 14.8. The van der Waals surface area contributed by atoms with Gasteiger partial charge >= 0.3 is 0 Å². The van der Waals surface area contributed by atoms with Crippen LogP contribution in [-0.2, 0) is 6.54 Å². The summed E-state index contributed by atoms with van der Waals surface area (Å²) in [5, 5.41) is 3.27. The fraction of sp³-hybridized carbons (Fsp3) is 0.750. The van der Waals surface area contributed by atoms with Crippen molar-refractivity contribution in [3.63, 3.8) is 0 Å². The smallest absolute Gasteiger partial charge is 0.274 e. The van der Waals surface area contributed by atoms with Crippen molar-refractivity contribution in [1.82, 2.24) is 14.5 Å². The number of fused-ring (bicyclic) bond motifs is 1. The van der Waals surface area contributed by atoms with Crippen LogP contribution < -0.4 is 5.32 Å². The van der Waals surface area contributed by atoms with E-state index in [1.807, 2.05) is 6.20 Å². The maximum atomic E-state index is 12.9. The molecular weight excluding hydrogens is 264 g/mol. The van der Waals surface area contributed by atoms with E-state index in [0.717, 1.165) is 44.8 Å². The average Bonchev–Trinajstić information content (AvgIpc) is 3.12.